The molecule has 2 rings (SSSR count). The van der Waals surface area contributed by atoms with Crippen molar-refractivity contribution < 1.29 is 13.2 Å². The molecule has 1 atom stereocenters. The van der Waals surface area contributed by atoms with Gasteiger partial charge in [0.05, 0.1) is 17.4 Å². The molecule has 110 valence electrons. The van der Waals surface area contributed by atoms with Crippen LogP contribution < -0.4 is 10.0 Å². The number of hydrogen-bond acceptors (Lipinski definition) is 3. The van der Waals surface area contributed by atoms with Crippen LogP contribution in [-0.4, -0.2) is 24.9 Å². The summed E-state index contributed by atoms with van der Waals surface area (Å²) in [5.74, 6) is -0.293. The highest BCUT2D eigenvalue weighted by Crippen LogP contribution is 2.64. The lowest BCUT2D eigenvalue weighted by Gasteiger charge is -2.13. The number of carbonyl (C=O) groups is 1. The molecule has 0 bridgehead atoms. The van der Waals surface area contributed by atoms with Crippen molar-refractivity contribution in [1.82, 2.24) is 0 Å². The number of hydrogen-bond donors (Lipinski definition) is 2. The highest BCUT2D eigenvalue weighted by atomic mass is 35.5. The van der Waals surface area contributed by atoms with Crippen molar-refractivity contribution >= 4 is 50.5 Å². The lowest BCUT2D eigenvalue weighted by atomic mass is 10.1. The summed E-state index contributed by atoms with van der Waals surface area (Å²) in [6, 6.07) is 6.39. The van der Waals surface area contributed by atoms with E-state index in [4.69, 9.17) is 23.2 Å². The first-order valence-electron chi connectivity index (χ1n) is 5.81. The second-order valence-corrected chi connectivity index (χ2v) is 8.35. The van der Waals surface area contributed by atoms with Gasteiger partial charge in [-0.05, 0) is 31.5 Å². The van der Waals surface area contributed by atoms with E-state index in [2.05, 4.69) is 10.0 Å². The molecule has 0 aromatic heterocycles. The molecule has 1 aliphatic rings. The van der Waals surface area contributed by atoms with Crippen molar-refractivity contribution in [3.8, 4) is 0 Å². The maximum atomic E-state index is 12.1. The summed E-state index contributed by atoms with van der Waals surface area (Å²) < 4.78 is 23.6. The molecule has 0 saturated heterocycles. The summed E-state index contributed by atoms with van der Waals surface area (Å²) in [6.45, 7) is 1.68. The molecule has 1 fully saturated rings. The third-order valence-electron chi connectivity index (χ3n) is 3.18. The minimum Gasteiger partial charge on any atom is -0.325 e. The molecule has 5 nitrogen and oxygen atoms in total. The number of benzene rings is 1. The summed E-state index contributed by atoms with van der Waals surface area (Å²) in [7, 11) is -3.36. The fourth-order valence-corrected chi connectivity index (χ4v) is 3.05. The van der Waals surface area contributed by atoms with Gasteiger partial charge in [-0.15, -0.1) is 23.2 Å². The predicted molar refractivity (Wildman–Crippen MR) is 80.7 cm³/mol. The van der Waals surface area contributed by atoms with Crippen LogP contribution in [0.15, 0.2) is 24.3 Å². The van der Waals surface area contributed by atoms with Gasteiger partial charge in [0.25, 0.3) is 0 Å². The van der Waals surface area contributed by atoms with Crippen molar-refractivity contribution in [3.63, 3.8) is 0 Å². The van der Waals surface area contributed by atoms with Gasteiger partial charge >= 0.3 is 0 Å². The van der Waals surface area contributed by atoms with Crippen LogP contribution in [0.1, 0.15) is 13.3 Å². The molecule has 0 radical (unpaired) electrons. The molecule has 0 aliphatic heterocycles. The molecule has 1 aromatic rings. The van der Waals surface area contributed by atoms with Crippen molar-refractivity contribution in [2.75, 3.05) is 16.3 Å². The molecule has 1 amide bonds. The third-order valence-corrected chi connectivity index (χ3v) is 4.89. The molecule has 8 heteroatoms. The average Bonchev–Trinajstić information content (AvgIpc) is 2.77. The first-order valence-corrected chi connectivity index (χ1v) is 8.45. The van der Waals surface area contributed by atoms with E-state index in [-0.39, 0.29) is 5.91 Å². The van der Waals surface area contributed by atoms with Gasteiger partial charge in [-0.2, -0.15) is 0 Å². The van der Waals surface area contributed by atoms with Crippen LogP contribution in [0, 0.1) is 5.41 Å². The SMILES string of the molecule is CC1(C(=O)Nc2cccc(NS(C)(=O)=O)c2)CC1(Cl)Cl. The van der Waals surface area contributed by atoms with E-state index in [1.54, 1.807) is 25.1 Å². The van der Waals surface area contributed by atoms with Crippen molar-refractivity contribution in [2.45, 2.75) is 17.7 Å². The molecule has 1 aliphatic carbocycles. The molecule has 2 N–H and O–H groups in total. The van der Waals surface area contributed by atoms with E-state index in [1.165, 1.54) is 6.07 Å². The largest absolute Gasteiger partial charge is 0.325 e. The van der Waals surface area contributed by atoms with Gasteiger partial charge in [-0.1, -0.05) is 6.07 Å². The lowest BCUT2D eigenvalue weighted by molar-refractivity contribution is -0.120. The first-order chi connectivity index (χ1) is 9.03. The van der Waals surface area contributed by atoms with E-state index in [0.717, 1.165) is 6.26 Å². The Morgan fingerprint density at radius 2 is 1.85 bits per heavy atom. The third kappa shape index (κ3) is 3.19. The Balaban J connectivity index is 2.11. The molecule has 20 heavy (non-hydrogen) atoms. The summed E-state index contributed by atoms with van der Waals surface area (Å²) in [5.41, 5.74) is 0.0197. The van der Waals surface area contributed by atoms with Crippen LogP contribution in [-0.2, 0) is 14.8 Å². The monoisotopic (exact) mass is 336 g/mol. The van der Waals surface area contributed by atoms with Gasteiger partial charge in [0.2, 0.25) is 15.9 Å². The van der Waals surface area contributed by atoms with Gasteiger partial charge in [0.1, 0.15) is 4.33 Å². The fraction of sp³-hybridized carbons (Fsp3) is 0.417. The topological polar surface area (TPSA) is 75.3 Å². The van der Waals surface area contributed by atoms with Crippen LogP contribution >= 0.6 is 23.2 Å². The normalized spacial score (nSPS) is 24.0. The fourth-order valence-electron chi connectivity index (χ4n) is 1.79. The Morgan fingerprint density at radius 3 is 2.35 bits per heavy atom. The summed E-state index contributed by atoms with van der Waals surface area (Å²) in [5, 5.41) is 2.68. The lowest BCUT2D eigenvalue weighted by Crippen LogP contribution is -2.26. The summed E-state index contributed by atoms with van der Waals surface area (Å²) in [4.78, 5) is 12.1. The number of carbonyl (C=O) groups excluding carboxylic acids is 1. The van der Waals surface area contributed by atoms with Crippen LogP contribution in [0.2, 0.25) is 0 Å². The van der Waals surface area contributed by atoms with Gasteiger partial charge in [-0.3, -0.25) is 9.52 Å². The van der Waals surface area contributed by atoms with Gasteiger partial charge in [0, 0.05) is 5.69 Å². The summed E-state index contributed by atoms with van der Waals surface area (Å²) >= 11 is 11.9. The standard InChI is InChI=1S/C12H14Cl2N2O3S/c1-11(7-12(11,13)14)10(17)15-8-4-3-5-9(6-8)16-20(2,18)19/h3-6,16H,7H2,1-2H3,(H,15,17). The van der Waals surface area contributed by atoms with Crippen molar-refractivity contribution in [1.29, 1.82) is 0 Å². The predicted octanol–water partition coefficient (Wildman–Crippen LogP) is 2.58. The molecular formula is C12H14Cl2N2O3S. The number of rotatable bonds is 4. The maximum absolute atomic E-state index is 12.1. The van der Waals surface area contributed by atoms with Crippen LogP contribution in [0.4, 0.5) is 11.4 Å². The number of halogens is 2. The van der Waals surface area contributed by atoms with Crippen LogP contribution in [0.25, 0.3) is 0 Å². The Morgan fingerprint density at radius 1 is 1.30 bits per heavy atom. The molecule has 0 heterocycles. The smallest absolute Gasteiger partial charge is 0.233 e. The van der Waals surface area contributed by atoms with Crippen molar-refractivity contribution in [3.05, 3.63) is 24.3 Å². The van der Waals surface area contributed by atoms with E-state index in [9.17, 15) is 13.2 Å². The molecule has 1 unspecified atom stereocenters. The minimum absolute atomic E-state index is 0.293. The first kappa shape index (κ1) is 15.4. The Kier molecular flexibility index (Phi) is 3.69. The van der Waals surface area contributed by atoms with E-state index in [1.807, 2.05) is 0 Å². The number of nitrogens with one attached hydrogen (secondary N) is 2. The second kappa shape index (κ2) is 4.79. The zero-order valence-electron chi connectivity index (χ0n) is 10.9. The number of alkyl halides is 2. The van der Waals surface area contributed by atoms with Gasteiger partial charge < -0.3 is 5.32 Å². The molecular weight excluding hydrogens is 323 g/mol. The Hall–Kier alpha value is -0.980. The van der Waals surface area contributed by atoms with Crippen LogP contribution in [0.5, 0.6) is 0 Å². The summed E-state index contributed by atoms with van der Waals surface area (Å²) in [6.07, 6.45) is 1.44. The van der Waals surface area contributed by atoms with Crippen LogP contribution in [0.3, 0.4) is 0 Å². The zero-order valence-corrected chi connectivity index (χ0v) is 13.2. The molecule has 1 aromatic carbocycles. The zero-order chi connectivity index (χ0) is 15.2. The number of sulfonamides is 1. The number of amides is 1. The van der Waals surface area contributed by atoms with E-state index >= 15 is 0 Å². The van der Waals surface area contributed by atoms with Gasteiger partial charge in [-0.25, -0.2) is 8.42 Å². The minimum atomic E-state index is -3.36. The second-order valence-electron chi connectivity index (χ2n) is 5.12. The van der Waals surface area contributed by atoms with E-state index < -0.39 is 19.8 Å². The Bertz CT molecular complexity index is 660. The molecule has 1 saturated carbocycles. The average molecular weight is 337 g/mol. The highest BCUT2D eigenvalue weighted by Gasteiger charge is 2.67. The Labute approximate surface area is 127 Å². The number of anilines is 2. The van der Waals surface area contributed by atoms with Crippen molar-refractivity contribution in [2.24, 2.45) is 5.41 Å². The van der Waals surface area contributed by atoms with E-state index in [0.29, 0.717) is 17.8 Å². The maximum Gasteiger partial charge on any atom is 0.233 e. The molecule has 0 spiro atoms. The highest BCUT2D eigenvalue weighted by molar-refractivity contribution is 7.92. The quantitative estimate of drug-likeness (QED) is 0.829. The van der Waals surface area contributed by atoms with Gasteiger partial charge in [0.15, 0.2) is 0 Å².